The van der Waals surface area contributed by atoms with E-state index in [1.807, 2.05) is 0 Å². The maximum atomic E-state index is 13.0. The molecule has 7 nitrogen and oxygen atoms in total. The molecule has 32 heavy (non-hydrogen) atoms. The highest BCUT2D eigenvalue weighted by atomic mass is 16.2. The van der Waals surface area contributed by atoms with Crippen LogP contribution in [0.25, 0.3) is 0 Å². The minimum Gasteiger partial charge on any atom is -0.367 e. The molecule has 1 aliphatic carbocycles. The van der Waals surface area contributed by atoms with E-state index in [0.29, 0.717) is 30.2 Å². The van der Waals surface area contributed by atoms with Gasteiger partial charge in [0.2, 0.25) is 5.91 Å². The zero-order valence-corrected chi connectivity index (χ0v) is 19.6. The summed E-state index contributed by atoms with van der Waals surface area (Å²) in [4.78, 5) is 29.1. The van der Waals surface area contributed by atoms with Crippen LogP contribution >= 0.6 is 0 Å². The molecule has 1 N–H and O–H groups in total. The largest absolute Gasteiger partial charge is 0.367 e. The summed E-state index contributed by atoms with van der Waals surface area (Å²) < 4.78 is 0. The van der Waals surface area contributed by atoms with Crippen LogP contribution in [0.15, 0.2) is 12.4 Å². The number of nitrogens with zero attached hydrogens (tertiary/aromatic N) is 5. The van der Waals surface area contributed by atoms with Crippen LogP contribution in [0.3, 0.4) is 0 Å². The normalized spacial score (nSPS) is 27.0. The van der Waals surface area contributed by atoms with Gasteiger partial charge >= 0.3 is 0 Å². The molecule has 0 unspecified atom stereocenters. The first-order chi connectivity index (χ1) is 15.7. The van der Waals surface area contributed by atoms with Crippen molar-refractivity contribution >= 4 is 17.5 Å². The molecule has 0 spiro atoms. The summed E-state index contributed by atoms with van der Waals surface area (Å²) in [6, 6.07) is 2.70. The number of carbonyl (C=O) groups is 1. The van der Waals surface area contributed by atoms with Gasteiger partial charge in [0.05, 0.1) is 0 Å². The second-order valence-electron chi connectivity index (χ2n) is 10.5. The third kappa shape index (κ3) is 5.91. The van der Waals surface area contributed by atoms with Crippen molar-refractivity contribution in [3.05, 3.63) is 12.4 Å². The monoisotopic (exact) mass is 440 g/mol. The number of piperidine rings is 2. The maximum Gasteiger partial charge on any atom is 0.222 e. The van der Waals surface area contributed by atoms with E-state index in [0.717, 1.165) is 44.2 Å². The number of hydrogen-bond donors (Lipinski definition) is 1. The van der Waals surface area contributed by atoms with Crippen LogP contribution in [0.4, 0.5) is 11.6 Å². The molecule has 3 aliphatic heterocycles. The minimum atomic E-state index is 0.381. The summed E-state index contributed by atoms with van der Waals surface area (Å²) >= 11 is 0. The lowest BCUT2D eigenvalue weighted by atomic mass is 9.92. The summed E-state index contributed by atoms with van der Waals surface area (Å²) in [5.74, 6) is 3.61. The Morgan fingerprint density at radius 3 is 2.59 bits per heavy atom. The molecule has 4 heterocycles. The van der Waals surface area contributed by atoms with Gasteiger partial charge in [-0.05, 0) is 82.7 Å². The number of aromatic nitrogens is 2. The van der Waals surface area contributed by atoms with Gasteiger partial charge in [0.15, 0.2) is 0 Å². The molecule has 176 valence electrons. The molecule has 4 fully saturated rings. The van der Waals surface area contributed by atoms with Crippen molar-refractivity contribution in [2.75, 3.05) is 56.0 Å². The SMILES string of the molecule is O=C(CC[C@@H]1CCCN(c2cc(NC3CC3)ncn2)C1)N1CCC[C@H](CN2CCCC2)C1. The number of rotatable bonds is 8. The Bertz CT molecular complexity index is 763. The summed E-state index contributed by atoms with van der Waals surface area (Å²) in [7, 11) is 0. The van der Waals surface area contributed by atoms with Crippen LogP contribution in [0.5, 0.6) is 0 Å². The lowest BCUT2D eigenvalue weighted by Crippen LogP contribution is -2.43. The van der Waals surface area contributed by atoms with Crippen LogP contribution in [0.2, 0.25) is 0 Å². The van der Waals surface area contributed by atoms with E-state index in [9.17, 15) is 4.79 Å². The van der Waals surface area contributed by atoms with E-state index in [1.54, 1.807) is 6.33 Å². The number of hydrogen-bond acceptors (Lipinski definition) is 6. The fourth-order valence-electron chi connectivity index (χ4n) is 5.80. The van der Waals surface area contributed by atoms with Gasteiger partial charge < -0.3 is 20.0 Å². The molecule has 0 bridgehead atoms. The van der Waals surface area contributed by atoms with E-state index in [-0.39, 0.29) is 0 Å². The van der Waals surface area contributed by atoms with Crippen LogP contribution in [0.1, 0.15) is 64.2 Å². The van der Waals surface area contributed by atoms with Crippen molar-refractivity contribution in [3.63, 3.8) is 0 Å². The van der Waals surface area contributed by atoms with Crippen LogP contribution in [-0.4, -0.2) is 77.5 Å². The van der Waals surface area contributed by atoms with Gasteiger partial charge in [-0.1, -0.05) is 0 Å². The third-order valence-corrected chi connectivity index (χ3v) is 7.78. The number of likely N-dealkylation sites (tertiary alicyclic amines) is 2. The average molecular weight is 441 g/mol. The Morgan fingerprint density at radius 1 is 0.938 bits per heavy atom. The first-order valence-electron chi connectivity index (χ1n) is 13.1. The molecule has 1 saturated carbocycles. The van der Waals surface area contributed by atoms with E-state index in [2.05, 4.69) is 36.1 Å². The fraction of sp³-hybridized carbons (Fsp3) is 0.800. The highest BCUT2D eigenvalue weighted by Crippen LogP contribution is 2.28. The molecule has 1 aromatic rings. The number of carbonyl (C=O) groups excluding carboxylic acids is 1. The smallest absolute Gasteiger partial charge is 0.222 e. The molecule has 0 aromatic carbocycles. The van der Waals surface area contributed by atoms with Gasteiger partial charge in [0, 0.05) is 51.3 Å². The number of nitrogens with one attached hydrogen (secondary N) is 1. The summed E-state index contributed by atoms with van der Waals surface area (Å²) in [6.07, 6.45) is 13.4. The summed E-state index contributed by atoms with van der Waals surface area (Å²) in [6.45, 7) is 7.70. The van der Waals surface area contributed by atoms with Crippen molar-refractivity contribution in [2.45, 2.75) is 70.3 Å². The van der Waals surface area contributed by atoms with Crippen LogP contribution in [0, 0.1) is 11.8 Å². The van der Waals surface area contributed by atoms with Crippen molar-refractivity contribution in [2.24, 2.45) is 11.8 Å². The standard InChI is InChI=1S/C25H40N6O/c32-25(31-14-4-6-21(18-31)16-29-11-1-2-12-29)10-7-20-5-3-13-30(17-20)24-15-23(26-19-27-24)28-22-8-9-22/h15,19-22H,1-14,16-18H2,(H,26,27,28)/t20-,21+/m0/s1. The number of amides is 1. The lowest BCUT2D eigenvalue weighted by Gasteiger charge is -2.36. The highest BCUT2D eigenvalue weighted by Gasteiger charge is 2.28. The van der Waals surface area contributed by atoms with Crippen molar-refractivity contribution in [3.8, 4) is 0 Å². The van der Waals surface area contributed by atoms with Crippen LogP contribution < -0.4 is 10.2 Å². The van der Waals surface area contributed by atoms with Gasteiger partial charge in [0.25, 0.3) is 0 Å². The van der Waals surface area contributed by atoms with Crippen molar-refractivity contribution < 1.29 is 4.79 Å². The van der Waals surface area contributed by atoms with E-state index in [4.69, 9.17) is 0 Å². The average Bonchev–Trinajstić information content (AvgIpc) is 3.49. The molecule has 1 amide bonds. The fourth-order valence-corrected chi connectivity index (χ4v) is 5.80. The predicted molar refractivity (Wildman–Crippen MR) is 128 cm³/mol. The van der Waals surface area contributed by atoms with E-state index >= 15 is 0 Å². The Labute approximate surface area is 193 Å². The summed E-state index contributed by atoms with van der Waals surface area (Å²) in [5.41, 5.74) is 0. The zero-order valence-electron chi connectivity index (χ0n) is 19.6. The predicted octanol–water partition coefficient (Wildman–Crippen LogP) is 3.38. The lowest BCUT2D eigenvalue weighted by molar-refractivity contribution is -0.133. The Balaban J connectivity index is 1.08. The molecule has 5 rings (SSSR count). The summed E-state index contributed by atoms with van der Waals surface area (Å²) in [5, 5.41) is 3.48. The first kappa shape index (κ1) is 21.9. The zero-order chi connectivity index (χ0) is 21.8. The van der Waals surface area contributed by atoms with Crippen molar-refractivity contribution in [1.29, 1.82) is 0 Å². The molecule has 0 radical (unpaired) electrons. The van der Waals surface area contributed by atoms with E-state index in [1.165, 1.54) is 71.0 Å². The van der Waals surface area contributed by atoms with Crippen molar-refractivity contribution in [1.82, 2.24) is 19.8 Å². The Kier molecular flexibility index (Phi) is 7.10. The minimum absolute atomic E-state index is 0.381. The molecule has 4 aliphatic rings. The van der Waals surface area contributed by atoms with Gasteiger partial charge in [-0.3, -0.25) is 4.79 Å². The van der Waals surface area contributed by atoms with Crippen LogP contribution in [-0.2, 0) is 4.79 Å². The molecule has 1 aromatic heterocycles. The second kappa shape index (κ2) is 10.4. The van der Waals surface area contributed by atoms with Gasteiger partial charge in [-0.25, -0.2) is 9.97 Å². The van der Waals surface area contributed by atoms with Gasteiger partial charge in [-0.15, -0.1) is 0 Å². The quantitative estimate of drug-likeness (QED) is 0.669. The number of anilines is 2. The molecular formula is C25H40N6O. The Morgan fingerprint density at radius 2 is 1.75 bits per heavy atom. The third-order valence-electron chi connectivity index (χ3n) is 7.78. The van der Waals surface area contributed by atoms with E-state index < -0.39 is 0 Å². The van der Waals surface area contributed by atoms with Gasteiger partial charge in [-0.2, -0.15) is 0 Å². The van der Waals surface area contributed by atoms with Gasteiger partial charge in [0.1, 0.15) is 18.0 Å². The second-order valence-corrected chi connectivity index (χ2v) is 10.5. The maximum absolute atomic E-state index is 13.0. The molecule has 2 atom stereocenters. The first-order valence-corrected chi connectivity index (χ1v) is 13.1. The highest BCUT2D eigenvalue weighted by molar-refractivity contribution is 5.76. The topological polar surface area (TPSA) is 64.6 Å². The Hall–Kier alpha value is -1.89. The molecule has 7 heteroatoms. The molecule has 3 saturated heterocycles. The molecular weight excluding hydrogens is 400 g/mol.